The predicted molar refractivity (Wildman–Crippen MR) is 239 cm³/mol. The van der Waals surface area contributed by atoms with Crippen molar-refractivity contribution in [2.75, 3.05) is 0 Å². The highest BCUT2D eigenvalue weighted by molar-refractivity contribution is 9.10. The number of benzene rings is 5. The molecule has 2 nitrogen and oxygen atoms in total. The van der Waals surface area contributed by atoms with Gasteiger partial charge >= 0.3 is 0 Å². The summed E-state index contributed by atoms with van der Waals surface area (Å²) in [5.41, 5.74) is 10.5. The molecule has 0 aliphatic heterocycles. The summed E-state index contributed by atoms with van der Waals surface area (Å²) in [6.45, 7) is 23.4. The molecule has 2 aliphatic rings. The lowest BCUT2D eigenvalue weighted by Crippen LogP contribution is -2.41. The molecule has 7 rings (SSSR count). The molecular weight excluding hydrogens is 745 g/mol. The standard InChI is InChI=1S/C48H57BrO2Si2/c1-47(2,3)52(7,8)50-45-27-25-38-40(45)23-21-35-17-13-32(29-42(35)38)11-12-34-16-20-37(44(49)31-34)19-15-33-14-18-36-22-24-41-39(43(36)30-33)26-28-46(41)51-53(9,10)48(4,5)6/h11-24,29-31,45-46H,25-28H2,1-10H3/b12-11-,19-15-/t45-,46-/m1/s1. The van der Waals surface area contributed by atoms with E-state index in [0.717, 1.165) is 30.2 Å². The van der Waals surface area contributed by atoms with Crippen LogP contribution >= 0.6 is 15.9 Å². The Morgan fingerprint density at radius 2 is 0.943 bits per heavy atom. The Hall–Kier alpha value is -3.07. The summed E-state index contributed by atoms with van der Waals surface area (Å²) in [7, 11) is -3.70. The van der Waals surface area contributed by atoms with Crippen LogP contribution in [0.3, 0.4) is 0 Å². The van der Waals surface area contributed by atoms with E-state index in [2.05, 4.69) is 187 Å². The van der Waals surface area contributed by atoms with Crippen molar-refractivity contribution in [2.24, 2.45) is 0 Å². The first-order valence-electron chi connectivity index (χ1n) is 19.5. The molecule has 276 valence electrons. The van der Waals surface area contributed by atoms with Gasteiger partial charge in [0.15, 0.2) is 16.6 Å². The van der Waals surface area contributed by atoms with Crippen LogP contribution in [0.1, 0.15) is 111 Å². The molecule has 0 unspecified atom stereocenters. The zero-order valence-electron chi connectivity index (χ0n) is 33.5. The lowest BCUT2D eigenvalue weighted by Gasteiger charge is -2.38. The van der Waals surface area contributed by atoms with Gasteiger partial charge < -0.3 is 8.85 Å². The van der Waals surface area contributed by atoms with Gasteiger partial charge in [-0.2, -0.15) is 0 Å². The van der Waals surface area contributed by atoms with Gasteiger partial charge in [-0.25, -0.2) is 0 Å². The van der Waals surface area contributed by atoms with Crippen molar-refractivity contribution in [1.29, 1.82) is 0 Å². The zero-order valence-corrected chi connectivity index (χ0v) is 37.1. The zero-order chi connectivity index (χ0) is 37.9. The summed E-state index contributed by atoms with van der Waals surface area (Å²) in [5.74, 6) is 0. The topological polar surface area (TPSA) is 18.5 Å². The number of halogens is 1. The molecule has 0 radical (unpaired) electrons. The van der Waals surface area contributed by atoms with Crippen LogP contribution in [-0.2, 0) is 21.7 Å². The smallest absolute Gasteiger partial charge is 0.192 e. The fraction of sp³-hybridized carbons (Fsp3) is 0.375. The van der Waals surface area contributed by atoms with E-state index in [4.69, 9.17) is 8.85 Å². The van der Waals surface area contributed by atoms with Crippen molar-refractivity contribution in [1.82, 2.24) is 0 Å². The van der Waals surface area contributed by atoms with Gasteiger partial charge in [0.2, 0.25) is 0 Å². The molecule has 0 heterocycles. The summed E-state index contributed by atoms with van der Waals surface area (Å²) in [4.78, 5) is 0. The fourth-order valence-corrected chi connectivity index (χ4v) is 10.7. The van der Waals surface area contributed by atoms with Crippen LogP contribution in [0.15, 0.2) is 83.3 Å². The molecule has 0 saturated heterocycles. The highest BCUT2D eigenvalue weighted by Gasteiger charge is 2.42. The monoisotopic (exact) mass is 800 g/mol. The first-order valence-corrected chi connectivity index (χ1v) is 26.1. The maximum atomic E-state index is 6.91. The number of hydrogen-bond acceptors (Lipinski definition) is 2. The Morgan fingerprint density at radius 3 is 1.38 bits per heavy atom. The highest BCUT2D eigenvalue weighted by Crippen LogP contribution is 2.47. The summed E-state index contributed by atoms with van der Waals surface area (Å²) in [6, 6.07) is 29.6. The second kappa shape index (κ2) is 14.2. The van der Waals surface area contributed by atoms with Crippen LogP contribution in [0.25, 0.3) is 45.8 Å². The van der Waals surface area contributed by atoms with Gasteiger partial charge in [0.05, 0.1) is 12.2 Å². The third-order valence-corrected chi connectivity index (χ3v) is 22.5. The number of hydrogen-bond donors (Lipinski definition) is 0. The Balaban J connectivity index is 1.07. The molecule has 0 amide bonds. The van der Waals surface area contributed by atoms with E-state index in [0.29, 0.717) is 0 Å². The summed E-state index contributed by atoms with van der Waals surface area (Å²) in [5, 5.41) is 5.76. The van der Waals surface area contributed by atoms with Crippen molar-refractivity contribution in [3.63, 3.8) is 0 Å². The summed E-state index contributed by atoms with van der Waals surface area (Å²) < 4.78 is 14.9. The fourth-order valence-electron chi connectivity index (χ4n) is 7.53. The van der Waals surface area contributed by atoms with Gasteiger partial charge in [-0.1, -0.05) is 142 Å². The van der Waals surface area contributed by atoms with Crippen LogP contribution in [0.5, 0.6) is 0 Å². The maximum Gasteiger partial charge on any atom is 0.192 e. The Kier molecular flexibility index (Phi) is 10.3. The van der Waals surface area contributed by atoms with Gasteiger partial charge in [0.25, 0.3) is 0 Å². The van der Waals surface area contributed by atoms with Gasteiger partial charge in [-0.15, -0.1) is 0 Å². The first kappa shape index (κ1) is 38.2. The second-order valence-electron chi connectivity index (χ2n) is 18.5. The molecule has 53 heavy (non-hydrogen) atoms. The molecule has 0 saturated carbocycles. The maximum absolute atomic E-state index is 6.91. The minimum Gasteiger partial charge on any atom is -0.410 e. The molecule has 2 atom stereocenters. The molecule has 5 heteroatoms. The number of rotatable bonds is 8. The average Bonchev–Trinajstić information content (AvgIpc) is 3.69. The lowest BCUT2D eigenvalue weighted by atomic mass is 9.98. The van der Waals surface area contributed by atoms with Crippen LogP contribution in [0.2, 0.25) is 36.3 Å². The largest absolute Gasteiger partial charge is 0.410 e. The average molecular weight is 802 g/mol. The Bertz CT molecular complexity index is 2250. The molecule has 0 spiro atoms. The van der Waals surface area contributed by atoms with Gasteiger partial charge in [-0.3, -0.25) is 0 Å². The predicted octanol–water partition coefficient (Wildman–Crippen LogP) is 15.1. The molecule has 0 bridgehead atoms. The molecule has 0 N–H and O–H groups in total. The van der Waals surface area contributed by atoms with Crippen molar-refractivity contribution in [3.8, 4) is 0 Å². The number of fused-ring (bicyclic) bond motifs is 6. The normalized spacial score (nSPS) is 18.2. The first-order chi connectivity index (χ1) is 24.9. The quantitative estimate of drug-likeness (QED) is 0.115. The summed E-state index contributed by atoms with van der Waals surface area (Å²) in [6.07, 6.45) is 13.6. The molecule has 0 fully saturated rings. The molecule has 2 aliphatic carbocycles. The third kappa shape index (κ3) is 7.75. The van der Waals surface area contributed by atoms with E-state index >= 15 is 0 Å². The summed E-state index contributed by atoms with van der Waals surface area (Å²) >= 11 is 3.87. The van der Waals surface area contributed by atoms with Crippen molar-refractivity contribution >= 4 is 78.4 Å². The van der Waals surface area contributed by atoms with Gasteiger partial charge in [0, 0.05) is 4.47 Å². The van der Waals surface area contributed by atoms with Crippen LogP contribution in [-0.4, -0.2) is 16.6 Å². The van der Waals surface area contributed by atoms with Crippen LogP contribution < -0.4 is 0 Å². The molecule has 0 aromatic heterocycles. The minimum atomic E-state index is -1.85. The Morgan fingerprint density at radius 1 is 0.547 bits per heavy atom. The van der Waals surface area contributed by atoms with Gasteiger partial charge in [0.1, 0.15) is 0 Å². The van der Waals surface area contributed by atoms with E-state index in [1.165, 1.54) is 66.1 Å². The van der Waals surface area contributed by atoms with Crippen molar-refractivity contribution in [3.05, 3.63) is 128 Å². The van der Waals surface area contributed by atoms with E-state index in [1.807, 2.05) is 0 Å². The van der Waals surface area contributed by atoms with Crippen LogP contribution in [0, 0.1) is 0 Å². The molecular formula is C48H57BrO2Si2. The SMILES string of the molecule is CC(C)(C)[Si](C)(C)O[C@@H]1CCc2c1ccc1ccc(/C=C\c3ccc(/C=C\c4ccc5ccc6c(c5c4)CC[C@H]6O[Si](C)(C)C(C)(C)C)c(Br)c3)cc21. The van der Waals surface area contributed by atoms with E-state index in [-0.39, 0.29) is 22.3 Å². The second-order valence-corrected chi connectivity index (χ2v) is 28.9. The van der Waals surface area contributed by atoms with E-state index < -0.39 is 16.6 Å². The molecule has 5 aromatic carbocycles. The molecule has 5 aromatic rings. The Labute approximate surface area is 329 Å². The third-order valence-electron chi connectivity index (χ3n) is 12.8. The van der Waals surface area contributed by atoms with E-state index in [9.17, 15) is 0 Å². The van der Waals surface area contributed by atoms with Gasteiger partial charge in [-0.05, 0) is 146 Å². The van der Waals surface area contributed by atoms with Crippen molar-refractivity contribution < 1.29 is 8.85 Å². The number of aryl methyl sites for hydroxylation is 2. The highest BCUT2D eigenvalue weighted by atomic mass is 79.9. The lowest BCUT2D eigenvalue weighted by molar-refractivity contribution is 0.185. The minimum absolute atomic E-state index is 0.205. The van der Waals surface area contributed by atoms with E-state index in [1.54, 1.807) is 0 Å². The van der Waals surface area contributed by atoms with Crippen LogP contribution in [0.4, 0.5) is 0 Å². The van der Waals surface area contributed by atoms with Crippen molar-refractivity contribution in [2.45, 2.75) is 116 Å².